The first-order valence-corrected chi connectivity index (χ1v) is 7.27. The average molecular weight is 310 g/mol. The zero-order valence-corrected chi connectivity index (χ0v) is 13.1. The summed E-state index contributed by atoms with van der Waals surface area (Å²) >= 11 is 0. The van der Waals surface area contributed by atoms with E-state index in [2.05, 4.69) is 20.3 Å². The Morgan fingerprint density at radius 1 is 1.22 bits per heavy atom. The maximum atomic E-state index is 5.89. The van der Waals surface area contributed by atoms with Crippen LogP contribution >= 0.6 is 0 Å². The van der Waals surface area contributed by atoms with E-state index >= 15 is 0 Å². The van der Waals surface area contributed by atoms with Crippen molar-refractivity contribution >= 4 is 5.82 Å². The predicted octanol–water partition coefficient (Wildman–Crippen LogP) is 1.89. The van der Waals surface area contributed by atoms with Crippen LogP contribution in [0.3, 0.4) is 0 Å². The third-order valence-electron chi connectivity index (χ3n) is 3.41. The molecule has 0 fully saturated rings. The molecule has 0 amide bonds. The first kappa shape index (κ1) is 15.0. The van der Waals surface area contributed by atoms with Crippen molar-refractivity contribution in [3.8, 4) is 5.75 Å². The van der Waals surface area contributed by atoms with E-state index in [0.717, 1.165) is 22.6 Å². The van der Waals surface area contributed by atoms with Crippen molar-refractivity contribution in [2.24, 2.45) is 0 Å². The molecular weight excluding hydrogens is 292 g/mol. The molecule has 0 radical (unpaired) electrons. The summed E-state index contributed by atoms with van der Waals surface area (Å²) in [5.74, 6) is 1.96. The van der Waals surface area contributed by atoms with Gasteiger partial charge in [0.15, 0.2) is 0 Å². The van der Waals surface area contributed by atoms with E-state index in [0.29, 0.717) is 24.8 Å². The third kappa shape index (κ3) is 3.63. The van der Waals surface area contributed by atoms with Crippen LogP contribution in [0.2, 0.25) is 0 Å². The van der Waals surface area contributed by atoms with Gasteiger partial charge >= 0.3 is 0 Å². The summed E-state index contributed by atoms with van der Waals surface area (Å²) in [6, 6.07) is 7.86. The van der Waals surface area contributed by atoms with Crippen molar-refractivity contribution in [3.63, 3.8) is 0 Å². The first-order chi connectivity index (χ1) is 11.1. The number of para-hydroxylation sites is 1. The summed E-state index contributed by atoms with van der Waals surface area (Å²) in [7, 11) is 0. The van der Waals surface area contributed by atoms with E-state index in [9.17, 15) is 0 Å². The van der Waals surface area contributed by atoms with Gasteiger partial charge in [-0.1, -0.05) is 23.4 Å². The number of aromatic nitrogens is 5. The lowest BCUT2D eigenvalue weighted by Crippen LogP contribution is -2.07. The minimum absolute atomic E-state index is 0.366. The zero-order chi connectivity index (χ0) is 16.2. The van der Waals surface area contributed by atoms with Gasteiger partial charge in [0.05, 0.1) is 12.7 Å². The Morgan fingerprint density at radius 3 is 2.83 bits per heavy atom. The van der Waals surface area contributed by atoms with Crippen LogP contribution in [-0.2, 0) is 13.2 Å². The fourth-order valence-electron chi connectivity index (χ4n) is 2.16. The number of nitrogens with two attached hydrogens (primary N) is 1. The number of hydrogen-bond acceptors (Lipinski definition) is 6. The highest BCUT2D eigenvalue weighted by molar-refractivity contribution is 5.37. The lowest BCUT2D eigenvalue weighted by Gasteiger charge is -2.06. The number of nitrogen functional groups attached to an aromatic ring is 1. The summed E-state index contributed by atoms with van der Waals surface area (Å²) in [4.78, 5) is 8.29. The second-order valence-electron chi connectivity index (χ2n) is 5.29. The van der Waals surface area contributed by atoms with E-state index in [1.807, 2.05) is 37.4 Å². The van der Waals surface area contributed by atoms with Crippen LogP contribution in [0, 0.1) is 13.8 Å². The van der Waals surface area contributed by atoms with Gasteiger partial charge in [0.2, 0.25) is 0 Å². The minimum atomic E-state index is 0.366. The maximum Gasteiger partial charge on any atom is 0.134 e. The molecule has 2 heterocycles. The molecule has 0 spiro atoms. The SMILES string of the molecule is Cc1ncc(Cn2cc(COc3ccccc3C)nn2)c(N)n1. The molecule has 0 aliphatic heterocycles. The fourth-order valence-corrected chi connectivity index (χ4v) is 2.16. The summed E-state index contributed by atoms with van der Waals surface area (Å²) in [5.41, 5.74) is 8.54. The predicted molar refractivity (Wildman–Crippen MR) is 85.8 cm³/mol. The quantitative estimate of drug-likeness (QED) is 0.774. The Morgan fingerprint density at radius 2 is 2.04 bits per heavy atom. The van der Waals surface area contributed by atoms with Gasteiger partial charge in [-0.15, -0.1) is 5.10 Å². The summed E-state index contributed by atoms with van der Waals surface area (Å²) in [6.07, 6.45) is 3.54. The molecule has 0 bridgehead atoms. The Hall–Kier alpha value is -2.96. The number of aryl methyl sites for hydroxylation is 2. The van der Waals surface area contributed by atoms with Gasteiger partial charge in [0.1, 0.15) is 29.7 Å². The third-order valence-corrected chi connectivity index (χ3v) is 3.41. The molecule has 7 nitrogen and oxygen atoms in total. The standard InChI is InChI=1S/C16H18N6O/c1-11-5-3-4-6-15(11)23-10-14-9-22(21-20-14)8-13-7-18-12(2)19-16(13)17/h3-7,9H,8,10H2,1-2H3,(H2,17,18,19). The molecule has 3 rings (SSSR count). The van der Waals surface area contributed by atoms with Crippen LogP contribution in [0.5, 0.6) is 5.75 Å². The van der Waals surface area contributed by atoms with Crippen molar-refractivity contribution in [2.45, 2.75) is 27.0 Å². The molecular formula is C16H18N6O. The molecule has 3 aromatic rings. The molecule has 0 saturated heterocycles. The van der Waals surface area contributed by atoms with Gasteiger partial charge < -0.3 is 10.5 Å². The summed E-state index contributed by atoms with van der Waals surface area (Å²) in [6.45, 7) is 4.65. The van der Waals surface area contributed by atoms with Gasteiger partial charge in [0.25, 0.3) is 0 Å². The van der Waals surface area contributed by atoms with E-state index in [1.165, 1.54) is 0 Å². The Bertz CT molecular complexity index is 814. The highest BCUT2D eigenvalue weighted by Crippen LogP contribution is 2.17. The molecule has 0 aliphatic carbocycles. The van der Waals surface area contributed by atoms with Crippen LogP contribution in [0.1, 0.15) is 22.6 Å². The Kier molecular flexibility index (Phi) is 4.18. The minimum Gasteiger partial charge on any atom is -0.487 e. The lowest BCUT2D eigenvalue weighted by molar-refractivity contribution is 0.299. The molecule has 0 saturated carbocycles. The maximum absolute atomic E-state index is 5.89. The smallest absolute Gasteiger partial charge is 0.134 e. The monoisotopic (exact) mass is 310 g/mol. The number of anilines is 1. The second-order valence-corrected chi connectivity index (χ2v) is 5.29. The van der Waals surface area contributed by atoms with Crippen LogP contribution in [0.15, 0.2) is 36.7 Å². The van der Waals surface area contributed by atoms with Crippen molar-refractivity contribution in [3.05, 3.63) is 59.3 Å². The van der Waals surface area contributed by atoms with E-state index in [4.69, 9.17) is 10.5 Å². The molecule has 0 atom stereocenters. The van der Waals surface area contributed by atoms with Gasteiger partial charge in [0, 0.05) is 11.8 Å². The molecule has 118 valence electrons. The van der Waals surface area contributed by atoms with Gasteiger partial charge in [-0.2, -0.15) is 0 Å². The molecule has 7 heteroatoms. The van der Waals surface area contributed by atoms with Crippen LogP contribution in [0.25, 0.3) is 0 Å². The number of rotatable bonds is 5. The lowest BCUT2D eigenvalue weighted by atomic mass is 10.2. The highest BCUT2D eigenvalue weighted by Gasteiger charge is 2.07. The van der Waals surface area contributed by atoms with Crippen molar-refractivity contribution in [1.29, 1.82) is 0 Å². The van der Waals surface area contributed by atoms with Gasteiger partial charge in [-0.05, 0) is 25.5 Å². The summed E-state index contributed by atoms with van der Waals surface area (Å²) in [5, 5.41) is 8.20. The number of nitrogens with zero attached hydrogens (tertiary/aromatic N) is 5. The average Bonchev–Trinajstić information content (AvgIpc) is 2.97. The Balaban J connectivity index is 1.65. The zero-order valence-electron chi connectivity index (χ0n) is 13.1. The van der Waals surface area contributed by atoms with E-state index in [-0.39, 0.29) is 0 Å². The molecule has 2 N–H and O–H groups in total. The normalized spacial score (nSPS) is 10.7. The number of benzene rings is 1. The second kappa shape index (κ2) is 6.43. The van der Waals surface area contributed by atoms with Crippen LogP contribution in [0.4, 0.5) is 5.82 Å². The van der Waals surface area contributed by atoms with Crippen molar-refractivity contribution in [2.75, 3.05) is 5.73 Å². The number of hydrogen-bond donors (Lipinski definition) is 1. The van der Waals surface area contributed by atoms with Crippen molar-refractivity contribution in [1.82, 2.24) is 25.0 Å². The van der Waals surface area contributed by atoms with Crippen LogP contribution in [-0.4, -0.2) is 25.0 Å². The molecule has 0 aliphatic rings. The van der Waals surface area contributed by atoms with Crippen molar-refractivity contribution < 1.29 is 4.74 Å². The molecule has 2 aromatic heterocycles. The van der Waals surface area contributed by atoms with E-state index < -0.39 is 0 Å². The largest absolute Gasteiger partial charge is 0.487 e. The fraction of sp³-hybridized carbons (Fsp3) is 0.250. The van der Waals surface area contributed by atoms with E-state index in [1.54, 1.807) is 17.8 Å². The molecule has 23 heavy (non-hydrogen) atoms. The topological polar surface area (TPSA) is 91.7 Å². The summed E-state index contributed by atoms with van der Waals surface area (Å²) < 4.78 is 7.46. The Labute approximate surface area is 134 Å². The van der Waals surface area contributed by atoms with Crippen LogP contribution < -0.4 is 10.5 Å². The molecule has 0 unspecified atom stereocenters. The highest BCUT2D eigenvalue weighted by atomic mass is 16.5. The first-order valence-electron chi connectivity index (χ1n) is 7.27. The van der Waals surface area contributed by atoms with Gasteiger partial charge in [-0.25, -0.2) is 14.6 Å². The van der Waals surface area contributed by atoms with Gasteiger partial charge in [-0.3, -0.25) is 0 Å². The molecule has 1 aromatic carbocycles. The number of ether oxygens (including phenoxy) is 1.